The van der Waals surface area contributed by atoms with Crippen LogP contribution in [0.1, 0.15) is 24.2 Å². The minimum Gasteiger partial charge on any atom is -0.329 e. The molecule has 2 N–H and O–H groups in total. The number of rotatable bonds is 3. The van der Waals surface area contributed by atoms with Crippen LogP contribution >= 0.6 is 0 Å². The van der Waals surface area contributed by atoms with Crippen LogP contribution in [0.25, 0.3) is 0 Å². The number of nitrogens with two attached hydrogens (primary N) is 1. The molecule has 1 heterocycles. The van der Waals surface area contributed by atoms with Crippen molar-refractivity contribution in [2.45, 2.75) is 13.8 Å². The molecule has 0 aromatic carbocycles. The average molecular weight is 179 g/mol. The van der Waals surface area contributed by atoms with Crippen LogP contribution in [-0.4, -0.2) is 22.3 Å². The first-order valence-corrected chi connectivity index (χ1v) is 4.08. The van der Waals surface area contributed by atoms with E-state index in [1.54, 1.807) is 0 Å². The number of ketones is 1. The van der Waals surface area contributed by atoms with Crippen molar-refractivity contribution in [1.82, 2.24) is 9.97 Å². The second-order valence-corrected chi connectivity index (χ2v) is 3.54. The van der Waals surface area contributed by atoms with Gasteiger partial charge in [0.15, 0.2) is 5.78 Å². The van der Waals surface area contributed by atoms with Gasteiger partial charge in [-0.15, -0.1) is 0 Å². The average Bonchev–Trinajstić information content (AvgIpc) is 2.18. The molecule has 0 spiro atoms. The van der Waals surface area contributed by atoms with E-state index < -0.39 is 5.41 Å². The van der Waals surface area contributed by atoms with Gasteiger partial charge >= 0.3 is 0 Å². The zero-order valence-corrected chi connectivity index (χ0v) is 7.82. The molecule has 0 aliphatic rings. The second-order valence-electron chi connectivity index (χ2n) is 3.54. The lowest BCUT2D eigenvalue weighted by molar-refractivity contribution is 0.0846. The molecular weight excluding hydrogens is 166 g/mol. The van der Waals surface area contributed by atoms with Crippen LogP contribution in [0.2, 0.25) is 0 Å². The van der Waals surface area contributed by atoms with E-state index >= 15 is 0 Å². The van der Waals surface area contributed by atoms with Crippen molar-refractivity contribution in [3.05, 3.63) is 24.3 Å². The third-order valence-corrected chi connectivity index (χ3v) is 1.95. The number of hydrogen-bond donors (Lipinski definition) is 1. The van der Waals surface area contributed by atoms with Crippen LogP contribution < -0.4 is 5.73 Å². The Hall–Kier alpha value is -1.29. The molecule has 0 unspecified atom stereocenters. The largest absolute Gasteiger partial charge is 0.329 e. The monoisotopic (exact) mass is 179 g/mol. The Morgan fingerprint density at radius 1 is 1.46 bits per heavy atom. The van der Waals surface area contributed by atoms with Gasteiger partial charge < -0.3 is 5.73 Å². The maximum absolute atomic E-state index is 11.7. The molecule has 13 heavy (non-hydrogen) atoms. The van der Waals surface area contributed by atoms with Gasteiger partial charge in [-0.05, 0) is 0 Å². The Balaban J connectivity index is 2.93. The summed E-state index contributed by atoms with van der Waals surface area (Å²) in [4.78, 5) is 19.3. The molecule has 4 nitrogen and oxygen atoms in total. The van der Waals surface area contributed by atoms with Crippen molar-refractivity contribution >= 4 is 5.78 Å². The highest BCUT2D eigenvalue weighted by Crippen LogP contribution is 2.18. The van der Waals surface area contributed by atoms with Gasteiger partial charge in [-0.2, -0.15) is 0 Å². The molecule has 0 radical (unpaired) electrons. The minimum absolute atomic E-state index is 0.0180. The molecule has 0 saturated carbocycles. The summed E-state index contributed by atoms with van der Waals surface area (Å²) in [6, 6.07) is 0. The zero-order chi connectivity index (χ0) is 9.90. The third-order valence-electron chi connectivity index (χ3n) is 1.95. The fraction of sp³-hybridized carbons (Fsp3) is 0.444. The highest BCUT2D eigenvalue weighted by atomic mass is 16.1. The van der Waals surface area contributed by atoms with Gasteiger partial charge in [0.2, 0.25) is 0 Å². The van der Waals surface area contributed by atoms with Gasteiger partial charge in [0.25, 0.3) is 0 Å². The number of carbonyl (C=O) groups excluding carboxylic acids is 1. The summed E-state index contributed by atoms with van der Waals surface area (Å²) in [7, 11) is 0. The van der Waals surface area contributed by atoms with Crippen LogP contribution in [0.4, 0.5) is 0 Å². The van der Waals surface area contributed by atoms with Crippen molar-refractivity contribution in [2.24, 2.45) is 11.1 Å². The topological polar surface area (TPSA) is 68.9 Å². The molecule has 0 amide bonds. The molecule has 1 aromatic heterocycles. The standard InChI is InChI=1S/C9H13N3O/c1-9(2,5-10)8(13)7-3-11-6-12-4-7/h3-4,6H,5,10H2,1-2H3. The molecular formula is C9H13N3O. The van der Waals surface area contributed by atoms with Crippen LogP contribution in [0.3, 0.4) is 0 Å². The lowest BCUT2D eigenvalue weighted by atomic mass is 9.85. The molecule has 0 bridgehead atoms. The first-order chi connectivity index (χ1) is 6.08. The van der Waals surface area contributed by atoms with E-state index in [-0.39, 0.29) is 5.78 Å². The quantitative estimate of drug-likeness (QED) is 0.691. The van der Waals surface area contributed by atoms with Gasteiger partial charge in [0.1, 0.15) is 6.33 Å². The van der Waals surface area contributed by atoms with Crippen LogP contribution in [0.5, 0.6) is 0 Å². The summed E-state index contributed by atoms with van der Waals surface area (Å²) in [6.07, 6.45) is 4.41. The smallest absolute Gasteiger partial charge is 0.172 e. The Morgan fingerprint density at radius 3 is 2.46 bits per heavy atom. The van der Waals surface area contributed by atoms with Crippen LogP contribution in [0, 0.1) is 5.41 Å². The van der Waals surface area contributed by atoms with Crippen molar-refractivity contribution in [2.75, 3.05) is 6.54 Å². The van der Waals surface area contributed by atoms with Crippen molar-refractivity contribution in [1.29, 1.82) is 0 Å². The van der Waals surface area contributed by atoms with E-state index in [0.717, 1.165) is 0 Å². The molecule has 1 rings (SSSR count). The SMILES string of the molecule is CC(C)(CN)C(=O)c1cncnc1. The molecule has 0 aliphatic heterocycles. The Morgan fingerprint density at radius 2 is 2.00 bits per heavy atom. The fourth-order valence-electron chi connectivity index (χ4n) is 0.900. The molecule has 1 aromatic rings. The molecule has 0 fully saturated rings. The predicted molar refractivity (Wildman–Crippen MR) is 49.2 cm³/mol. The number of hydrogen-bond acceptors (Lipinski definition) is 4. The van der Waals surface area contributed by atoms with Crippen molar-refractivity contribution in [3.8, 4) is 0 Å². The molecule has 0 atom stereocenters. The molecule has 0 aliphatic carbocycles. The van der Waals surface area contributed by atoms with Crippen LogP contribution in [-0.2, 0) is 0 Å². The Bertz CT molecular complexity index is 295. The van der Waals surface area contributed by atoms with Gasteiger partial charge in [-0.25, -0.2) is 9.97 Å². The number of Topliss-reactive ketones (excluding diaryl/α,β-unsaturated/α-hetero) is 1. The summed E-state index contributed by atoms with van der Waals surface area (Å²) in [5.74, 6) is -0.0180. The highest BCUT2D eigenvalue weighted by molar-refractivity contribution is 5.99. The summed E-state index contributed by atoms with van der Waals surface area (Å²) >= 11 is 0. The first kappa shape index (κ1) is 9.80. The van der Waals surface area contributed by atoms with E-state index in [1.165, 1.54) is 18.7 Å². The summed E-state index contributed by atoms with van der Waals surface area (Å²) < 4.78 is 0. The zero-order valence-electron chi connectivity index (χ0n) is 7.82. The van der Waals surface area contributed by atoms with E-state index in [0.29, 0.717) is 12.1 Å². The van der Waals surface area contributed by atoms with Gasteiger partial charge in [-0.3, -0.25) is 4.79 Å². The van der Waals surface area contributed by atoms with Gasteiger partial charge in [0.05, 0.1) is 5.56 Å². The number of nitrogens with zero attached hydrogens (tertiary/aromatic N) is 2. The van der Waals surface area contributed by atoms with E-state index in [1.807, 2.05) is 13.8 Å². The molecule has 0 saturated heterocycles. The number of aromatic nitrogens is 2. The second kappa shape index (κ2) is 3.62. The van der Waals surface area contributed by atoms with Gasteiger partial charge in [-0.1, -0.05) is 13.8 Å². The Kier molecular flexibility index (Phi) is 2.72. The molecule has 4 heteroatoms. The summed E-state index contributed by atoms with van der Waals surface area (Å²) in [5.41, 5.74) is 5.46. The van der Waals surface area contributed by atoms with E-state index in [9.17, 15) is 4.79 Å². The summed E-state index contributed by atoms with van der Waals surface area (Å²) in [6.45, 7) is 3.94. The normalized spacial score (nSPS) is 11.3. The van der Waals surface area contributed by atoms with Crippen molar-refractivity contribution in [3.63, 3.8) is 0 Å². The highest BCUT2D eigenvalue weighted by Gasteiger charge is 2.27. The lowest BCUT2D eigenvalue weighted by Gasteiger charge is -2.19. The third kappa shape index (κ3) is 2.09. The number of carbonyl (C=O) groups is 1. The maximum atomic E-state index is 11.7. The fourth-order valence-corrected chi connectivity index (χ4v) is 0.900. The van der Waals surface area contributed by atoms with E-state index in [2.05, 4.69) is 9.97 Å². The Labute approximate surface area is 77.2 Å². The minimum atomic E-state index is -0.537. The first-order valence-electron chi connectivity index (χ1n) is 4.08. The van der Waals surface area contributed by atoms with Crippen molar-refractivity contribution < 1.29 is 4.79 Å². The summed E-state index contributed by atoms with van der Waals surface area (Å²) in [5, 5.41) is 0. The lowest BCUT2D eigenvalue weighted by Crippen LogP contribution is -2.32. The van der Waals surface area contributed by atoms with E-state index in [4.69, 9.17) is 5.73 Å². The molecule has 70 valence electrons. The van der Waals surface area contributed by atoms with Gasteiger partial charge in [0, 0.05) is 24.4 Å². The maximum Gasteiger partial charge on any atom is 0.172 e. The predicted octanol–water partition coefficient (Wildman–Crippen LogP) is 0.644. The van der Waals surface area contributed by atoms with Crippen LogP contribution in [0.15, 0.2) is 18.7 Å².